The second-order valence-electron chi connectivity index (χ2n) is 7.26. The first-order chi connectivity index (χ1) is 15.6. The molecule has 0 aliphatic rings. The number of halogens is 3. The highest BCUT2D eigenvalue weighted by Gasteiger charge is 2.34. The van der Waals surface area contributed by atoms with E-state index in [4.69, 9.17) is 4.52 Å². The van der Waals surface area contributed by atoms with Crippen LogP contribution < -0.4 is 10.6 Å². The normalized spacial score (nSPS) is 11.4. The number of pyridine rings is 1. The van der Waals surface area contributed by atoms with Gasteiger partial charge in [-0.3, -0.25) is 9.59 Å². The molecule has 0 aliphatic heterocycles. The summed E-state index contributed by atoms with van der Waals surface area (Å²) in [6, 6.07) is 13.6. The summed E-state index contributed by atoms with van der Waals surface area (Å²) in [6.45, 7) is 2.79. The third-order valence-electron chi connectivity index (χ3n) is 4.82. The molecule has 0 unspecified atom stereocenters. The Bertz CT molecular complexity index is 1360. The summed E-state index contributed by atoms with van der Waals surface area (Å²) in [7, 11) is 0. The first kappa shape index (κ1) is 22.0. The molecule has 0 atom stereocenters. The van der Waals surface area contributed by atoms with Crippen molar-refractivity contribution in [2.75, 3.05) is 10.6 Å². The Kier molecular flexibility index (Phi) is 5.59. The molecule has 0 fully saturated rings. The Balaban J connectivity index is 1.78. The van der Waals surface area contributed by atoms with Crippen molar-refractivity contribution in [3.05, 3.63) is 71.4 Å². The summed E-state index contributed by atoms with van der Waals surface area (Å²) >= 11 is 0. The number of anilines is 2. The Morgan fingerprint density at radius 2 is 1.73 bits per heavy atom. The standard InChI is InChI=1S/C23H17F3N4O3/c1-12-20-16(11-19(29-22(20)33-30-12)14-6-4-3-5-7-14)21(32)28-18-9-8-15(27-13(2)31)10-17(18)23(24,25)26/h3-11H,1-2H3,(H,27,31)(H,28,32). The summed E-state index contributed by atoms with van der Waals surface area (Å²) in [5.41, 5.74) is 0.0339. The van der Waals surface area contributed by atoms with E-state index in [0.717, 1.165) is 12.1 Å². The minimum absolute atomic E-state index is 0.0413. The number of nitrogens with one attached hydrogen (secondary N) is 2. The van der Waals surface area contributed by atoms with Crippen molar-refractivity contribution >= 4 is 34.3 Å². The first-order valence-corrected chi connectivity index (χ1v) is 9.76. The molecule has 0 saturated carbocycles. The van der Waals surface area contributed by atoms with E-state index in [9.17, 15) is 22.8 Å². The van der Waals surface area contributed by atoms with E-state index < -0.39 is 29.2 Å². The van der Waals surface area contributed by atoms with Crippen molar-refractivity contribution in [2.45, 2.75) is 20.0 Å². The second kappa shape index (κ2) is 8.38. The number of rotatable bonds is 4. The number of amides is 2. The van der Waals surface area contributed by atoms with Crippen LogP contribution in [-0.4, -0.2) is 22.0 Å². The van der Waals surface area contributed by atoms with Gasteiger partial charge in [-0.15, -0.1) is 0 Å². The molecule has 2 amide bonds. The maximum absolute atomic E-state index is 13.7. The quantitative estimate of drug-likeness (QED) is 0.429. The van der Waals surface area contributed by atoms with Crippen molar-refractivity contribution in [3.8, 4) is 11.3 Å². The van der Waals surface area contributed by atoms with Crippen LogP contribution in [-0.2, 0) is 11.0 Å². The van der Waals surface area contributed by atoms with Crippen LogP contribution in [0.1, 0.15) is 28.5 Å². The highest BCUT2D eigenvalue weighted by Crippen LogP contribution is 2.37. The largest absolute Gasteiger partial charge is 0.418 e. The van der Waals surface area contributed by atoms with Gasteiger partial charge in [-0.2, -0.15) is 13.2 Å². The van der Waals surface area contributed by atoms with Gasteiger partial charge in [0.2, 0.25) is 5.91 Å². The van der Waals surface area contributed by atoms with Crippen LogP contribution in [0.25, 0.3) is 22.4 Å². The van der Waals surface area contributed by atoms with Crippen LogP contribution >= 0.6 is 0 Å². The van der Waals surface area contributed by atoms with Gasteiger partial charge < -0.3 is 15.2 Å². The van der Waals surface area contributed by atoms with E-state index in [-0.39, 0.29) is 17.0 Å². The maximum Gasteiger partial charge on any atom is 0.418 e. The Labute approximate surface area is 185 Å². The van der Waals surface area contributed by atoms with Gasteiger partial charge in [-0.1, -0.05) is 35.5 Å². The average molecular weight is 454 g/mol. The van der Waals surface area contributed by atoms with E-state index in [1.165, 1.54) is 19.1 Å². The molecule has 7 nitrogen and oxygen atoms in total. The monoisotopic (exact) mass is 454 g/mol. The van der Waals surface area contributed by atoms with Crippen LogP contribution in [0, 0.1) is 6.92 Å². The lowest BCUT2D eigenvalue weighted by atomic mass is 10.0. The Hall–Kier alpha value is -4.21. The molecular weight excluding hydrogens is 437 g/mol. The molecule has 0 saturated heterocycles. The third kappa shape index (κ3) is 4.54. The number of carbonyl (C=O) groups is 2. The van der Waals surface area contributed by atoms with Crippen molar-refractivity contribution in [2.24, 2.45) is 0 Å². The molecular formula is C23H17F3N4O3. The number of benzene rings is 2. The van der Waals surface area contributed by atoms with Gasteiger partial charge in [-0.25, -0.2) is 4.98 Å². The average Bonchev–Trinajstić information content (AvgIpc) is 3.14. The van der Waals surface area contributed by atoms with Gasteiger partial charge in [0.25, 0.3) is 11.6 Å². The number of alkyl halides is 3. The van der Waals surface area contributed by atoms with Crippen molar-refractivity contribution < 1.29 is 27.3 Å². The number of carbonyl (C=O) groups excluding carboxylic acids is 2. The Morgan fingerprint density at radius 1 is 1.00 bits per heavy atom. The van der Waals surface area contributed by atoms with Gasteiger partial charge in [0.15, 0.2) is 0 Å². The summed E-state index contributed by atoms with van der Waals surface area (Å²) in [6.07, 6.45) is -4.77. The van der Waals surface area contributed by atoms with Crippen molar-refractivity contribution in [1.29, 1.82) is 0 Å². The van der Waals surface area contributed by atoms with Gasteiger partial charge in [0.1, 0.15) is 0 Å². The lowest BCUT2D eigenvalue weighted by Crippen LogP contribution is -2.18. The number of hydrogen-bond donors (Lipinski definition) is 2. The molecule has 0 radical (unpaired) electrons. The first-order valence-electron chi connectivity index (χ1n) is 9.76. The molecule has 0 aliphatic carbocycles. The van der Waals surface area contributed by atoms with Gasteiger partial charge in [-0.05, 0) is 31.2 Å². The lowest BCUT2D eigenvalue weighted by molar-refractivity contribution is -0.137. The fraction of sp³-hybridized carbons (Fsp3) is 0.130. The highest BCUT2D eigenvalue weighted by molar-refractivity contribution is 6.13. The molecule has 2 heterocycles. The molecule has 0 bridgehead atoms. The van der Waals surface area contributed by atoms with E-state index in [0.29, 0.717) is 22.3 Å². The molecule has 2 aromatic carbocycles. The molecule has 33 heavy (non-hydrogen) atoms. The fourth-order valence-electron chi connectivity index (χ4n) is 3.39. The smallest absolute Gasteiger partial charge is 0.335 e. The molecule has 0 spiro atoms. The number of aromatic nitrogens is 2. The van der Waals surface area contributed by atoms with Gasteiger partial charge in [0, 0.05) is 18.2 Å². The van der Waals surface area contributed by atoms with Crippen molar-refractivity contribution in [3.63, 3.8) is 0 Å². The Morgan fingerprint density at radius 3 is 2.39 bits per heavy atom. The minimum Gasteiger partial charge on any atom is -0.335 e. The van der Waals surface area contributed by atoms with E-state index >= 15 is 0 Å². The zero-order valence-electron chi connectivity index (χ0n) is 17.4. The summed E-state index contributed by atoms with van der Waals surface area (Å²) in [5, 5.41) is 8.78. The van der Waals surface area contributed by atoms with Crippen LogP contribution in [0.3, 0.4) is 0 Å². The van der Waals surface area contributed by atoms with Crippen LogP contribution in [0.4, 0.5) is 24.5 Å². The molecule has 4 rings (SSSR count). The zero-order valence-corrected chi connectivity index (χ0v) is 17.4. The van der Waals surface area contributed by atoms with Crippen LogP contribution in [0.15, 0.2) is 59.1 Å². The number of nitrogens with zero attached hydrogens (tertiary/aromatic N) is 2. The fourth-order valence-corrected chi connectivity index (χ4v) is 3.39. The number of aryl methyl sites for hydroxylation is 1. The number of fused-ring (bicyclic) bond motifs is 1. The van der Waals surface area contributed by atoms with E-state index in [1.54, 1.807) is 31.2 Å². The van der Waals surface area contributed by atoms with E-state index in [2.05, 4.69) is 20.8 Å². The molecule has 4 aromatic rings. The minimum atomic E-state index is -4.77. The van der Waals surface area contributed by atoms with Crippen LogP contribution in [0.2, 0.25) is 0 Å². The van der Waals surface area contributed by atoms with Gasteiger partial charge >= 0.3 is 6.18 Å². The van der Waals surface area contributed by atoms with E-state index in [1.807, 2.05) is 6.07 Å². The third-order valence-corrected chi connectivity index (χ3v) is 4.82. The van der Waals surface area contributed by atoms with Gasteiger partial charge in [0.05, 0.1) is 33.6 Å². The molecule has 10 heteroatoms. The summed E-state index contributed by atoms with van der Waals surface area (Å²) in [4.78, 5) is 28.8. The zero-order chi connectivity index (χ0) is 23.8. The lowest BCUT2D eigenvalue weighted by Gasteiger charge is -2.16. The number of hydrogen-bond acceptors (Lipinski definition) is 5. The topological polar surface area (TPSA) is 97.1 Å². The predicted molar refractivity (Wildman–Crippen MR) is 116 cm³/mol. The van der Waals surface area contributed by atoms with Crippen molar-refractivity contribution in [1.82, 2.24) is 10.1 Å². The molecule has 168 valence electrons. The SMILES string of the molecule is CC(=O)Nc1ccc(NC(=O)c2cc(-c3ccccc3)nc3onc(C)c23)c(C(F)(F)F)c1. The predicted octanol–water partition coefficient (Wildman–Crippen LogP) is 5.43. The maximum atomic E-state index is 13.7. The highest BCUT2D eigenvalue weighted by atomic mass is 19.4. The van der Waals surface area contributed by atoms with Crippen LogP contribution in [0.5, 0.6) is 0 Å². The molecule has 2 N–H and O–H groups in total. The molecule has 2 aromatic heterocycles. The summed E-state index contributed by atoms with van der Waals surface area (Å²) in [5.74, 6) is -1.31. The second-order valence-corrected chi connectivity index (χ2v) is 7.26. The summed E-state index contributed by atoms with van der Waals surface area (Å²) < 4.78 is 46.2.